The van der Waals surface area contributed by atoms with E-state index in [1.54, 1.807) is 0 Å². The Bertz CT molecular complexity index is 150. The van der Waals surface area contributed by atoms with Gasteiger partial charge in [-0.05, 0) is 50.7 Å². The van der Waals surface area contributed by atoms with Gasteiger partial charge in [0.25, 0.3) is 0 Å². The van der Waals surface area contributed by atoms with E-state index >= 15 is 0 Å². The zero-order valence-electron chi connectivity index (χ0n) is 9.34. The highest BCUT2D eigenvalue weighted by molar-refractivity contribution is 4.95. The Labute approximate surface area is 82.5 Å². The molecule has 0 bridgehead atoms. The van der Waals surface area contributed by atoms with Gasteiger partial charge in [-0.25, -0.2) is 0 Å². The van der Waals surface area contributed by atoms with Crippen molar-refractivity contribution in [1.29, 1.82) is 0 Å². The van der Waals surface area contributed by atoms with Crippen molar-refractivity contribution in [3.8, 4) is 0 Å². The first-order valence-corrected chi connectivity index (χ1v) is 5.47. The minimum Gasteiger partial charge on any atom is -0.330 e. The first kappa shape index (κ1) is 11.0. The summed E-state index contributed by atoms with van der Waals surface area (Å²) < 4.78 is 0. The standard InChI is InChI=1S/C11H24N2/c1-10(2)4-7-13(3)9-11(8-12)5-6-11/h10H,4-9,12H2,1-3H3. The summed E-state index contributed by atoms with van der Waals surface area (Å²) in [4.78, 5) is 2.44. The predicted octanol–water partition coefficient (Wildman–Crippen LogP) is 1.70. The van der Waals surface area contributed by atoms with Crippen molar-refractivity contribution in [2.24, 2.45) is 17.1 Å². The van der Waals surface area contributed by atoms with Crippen molar-refractivity contribution in [3.63, 3.8) is 0 Å². The van der Waals surface area contributed by atoms with Gasteiger partial charge in [0.15, 0.2) is 0 Å². The number of nitrogens with two attached hydrogens (primary N) is 1. The van der Waals surface area contributed by atoms with Crippen LogP contribution in [0.2, 0.25) is 0 Å². The zero-order chi connectivity index (χ0) is 9.90. The van der Waals surface area contributed by atoms with Gasteiger partial charge in [-0.1, -0.05) is 13.8 Å². The Morgan fingerprint density at radius 2 is 2.00 bits per heavy atom. The van der Waals surface area contributed by atoms with Gasteiger partial charge in [-0.15, -0.1) is 0 Å². The Hall–Kier alpha value is -0.0800. The van der Waals surface area contributed by atoms with Gasteiger partial charge in [0.05, 0.1) is 0 Å². The van der Waals surface area contributed by atoms with E-state index in [1.165, 1.54) is 32.4 Å². The molecule has 0 saturated heterocycles. The van der Waals surface area contributed by atoms with E-state index in [4.69, 9.17) is 5.73 Å². The van der Waals surface area contributed by atoms with Gasteiger partial charge in [0.2, 0.25) is 0 Å². The first-order chi connectivity index (χ1) is 6.08. The van der Waals surface area contributed by atoms with Crippen molar-refractivity contribution in [2.75, 3.05) is 26.7 Å². The molecule has 1 fully saturated rings. The fourth-order valence-electron chi connectivity index (χ4n) is 1.73. The van der Waals surface area contributed by atoms with Crippen molar-refractivity contribution in [1.82, 2.24) is 4.90 Å². The molecule has 2 N–H and O–H groups in total. The number of rotatable bonds is 6. The third-order valence-electron chi connectivity index (χ3n) is 3.08. The summed E-state index contributed by atoms with van der Waals surface area (Å²) in [7, 11) is 2.22. The molecule has 2 nitrogen and oxygen atoms in total. The van der Waals surface area contributed by atoms with E-state index in [0.29, 0.717) is 5.41 Å². The molecule has 1 rings (SSSR count). The molecule has 0 spiro atoms. The summed E-state index contributed by atoms with van der Waals surface area (Å²) in [5.74, 6) is 0.815. The normalized spacial score (nSPS) is 19.8. The second-order valence-electron chi connectivity index (χ2n) is 5.12. The highest BCUT2D eigenvalue weighted by Crippen LogP contribution is 2.44. The van der Waals surface area contributed by atoms with E-state index in [-0.39, 0.29) is 0 Å². The molecule has 0 atom stereocenters. The number of nitrogens with zero attached hydrogens (tertiary/aromatic N) is 1. The van der Waals surface area contributed by atoms with Crippen LogP contribution < -0.4 is 5.73 Å². The lowest BCUT2D eigenvalue weighted by Gasteiger charge is -2.23. The maximum Gasteiger partial charge on any atom is 0.00470 e. The van der Waals surface area contributed by atoms with Crippen LogP contribution in [0.5, 0.6) is 0 Å². The predicted molar refractivity (Wildman–Crippen MR) is 57.7 cm³/mol. The van der Waals surface area contributed by atoms with Crippen LogP contribution in [0.25, 0.3) is 0 Å². The molecule has 0 aromatic carbocycles. The Morgan fingerprint density at radius 1 is 1.38 bits per heavy atom. The van der Waals surface area contributed by atoms with Crippen molar-refractivity contribution < 1.29 is 0 Å². The highest BCUT2D eigenvalue weighted by atomic mass is 15.1. The molecule has 0 aromatic rings. The second-order valence-corrected chi connectivity index (χ2v) is 5.12. The van der Waals surface area contributed by atoms with Crippen LogP contribution in [0.1, 0.15) is 33.1 Å². The van der Waals surface area contributed by atoms with Crippen LogP contribution in [0, 0.1) is 11.3 Å². The minimum atomic E-state index is 0.506. The Morgan fingerprint density at radius 3 is 2.38 bits per heavy atom. The number of hydrogen-bond acceptors (Lipinski definition) is 2. The van der Waals surface area contributed by atoms with Crippen molar-refractivity contribution in [3.05, 3.63) is 0 Å². The summed E-state index contributed by atoms with van der Waals surface area (Å²) in [6.07, 6.45) is 3.99. The van der Waals surface area contributed by atoms with E-state index in [0.717, 1.165) is 12.5 Å². The summed E-state index contributed by atoms with van der Waals surface area (Å²) in [6.45, 7) is 7.86. The van der Waals surface area contributed by atoms with Crippen LogP contribution in [-0.4, -0.2) is 31.6 Å². The molecule has 0 heterocycles. The molecular formula is C11H24N2. The SMILES string of the molecule is CC(C)CCN(C)CC1(CN)CC1. The molecule has 78 valence electrons. The molecule has 0 amide bonds. The number of hydrogen-bond donors (Lipinski definition) is 1. The maximum atomic E-state index is 5.75. The van der Waals surface area contributed by atoms with Gasteiger partial charge in [0.1, 0.15) is 0 Å². The summed E-state index contributed by atoms with van der Waals surface area (Å²) in [5.41, 5.74) is 6.25. The van der Waals surface area contributed by atoms with Crippen molar-refractivity contribution >= 4 is 0 Å². The second kappa shape index (κ2) is 4.43. The fraction of sp³-hybridized carbons (Fsp3) is 1.00. The molecule has 0 aliphatic heterocycles. The topological polar surface area (TPSA) is 29.3 Å². The Balaban J connectivity index is 2.14. The smallest absolute Gasteiger partial charge is 0.00470 e. The van der Waals surface area contributed by atoms with Gasteiger partial charge in [0, 0.05) is 6.54 Å². The van der Waals surface area contributed by atoms with Gasteiger partial charge in [-0.3, -0.25) is 0 Å². The van der Waals surface area contributed by atoms with E-state index in [9.17, 15) is 0 Å². The molecule has 0 radical (unpaired) electrons. The maximum absolute atomic E-state index is 5.75. The molecule has 1 aliphatic carbocycles. The van der Waals surface area contributed by atoms with E-state index in [2.05, 4.69) is 25.8 Å². The lowest BCUT2D eigenvalue weighted by molar-refractivity contribution is 0.253. The average Bonchev–Trinajstić information content (AvgIpc) is 2.82. The first-order valence-electron chi connectivity index (χ1n) is 5.47. The van der Waals surface area contributed by atoms with Crippen LogP contribution >= 0.6 is 0 Å². The zero-order valence-corrected chi connectivity index (χ0v) is 9.34. The van der Waals surface area contributed by atoms with Crippen LogP contribution in [0.4, 0.5) is 0 Å². The van der Waals surface area contributed by atoms with Crippen LogP contribution in [0.15, 0.2) is 0 Å². The Kier molecular flexibility index (Phi) is 3.74. The summed E-state index contributed by atoms with van der Waals surface area (Å²) in [5, 5.41) is 0. The van der Waals surface area contributed by atoms with Crippen LogP contribution in [0.3, 0.4) is 0 Å². The molecule has 1 saturated carbocycles. The molecule has 13 heavy (non-hydrogen) atoms. The highest BCUT2D eigenvalue weighted by Gasteiger charge is 2.41. The monoisotopic (exact) mass is 184 g/mol. The third-order valence-corrected chi connectivity index (χ3v) is 3.08. The average molecular weight is 184 g/mol. The van der Waals surface area contributed by atoms with Gasteiger partial charge < -0.3 is 10.6 Å². The molecule has 0 aromatic heterocycles. The lowest BCUT2D eigenvalue weighted by atomic mass is 10.1. The molecule has 0 unspecified atom stereocenters. The van der Waals surface area contributed by atoms with Crippen LogP contribution in [-0.2, 0) is 0 Å². The van der Waals surface area contributed by atoms with Crippen molar-refractivity contribution in [2.45, 2.75) is 33.1 Å². The molecular weight excluding hydrogens is 160 g/mol. The lowest BCUT2D eigenvalue weighted by Crippen LogP contribution is -2.32. The van der Waals surface area contributed by atoms with Gasteiger partial charge >= 0.3 is 0 Å². The van der Waals surface area contributed by atoms with E-state index < -0.39 is 0 Å². The van der Waals surface area contributed by atoms with Gasteiger partial charge in [-0.2, -0.15) is 0 Å². The minimum absolute atomic E-state index is 0.506. The third kappa shape index (κ3) is 3.65. The van der Waals surface area contributed by atoms with E-state index in [1.807, 2.05) is 0 Å². The summed E-state index contributed by atoms with van der Waals surface area (Å²) in [6, 6.07) is 0. The quantitative estimate of drug-likeness (QED) is 0.681. The largest absolute Gasteiger partial charge is 0.330 e. The molecule has 1 aliphatic rings. The fourth-order valence-corrected chi connectivity index (χ4v) is 1.73. The molecule has 2 heteroatoms. The summed E-state index contributed by atoms with van der Waals surface area (Å²) >= 11 is 0.